The summed E-state index contributed by atoms with van der Waals surface area (Å²) in [5.41, 5.74) is 4.86. The summed E-state index contributed by atoms with van der Waals surface area (Å²) >= 11 is 3.54. The first-order valence-corrected chi connectivity index (χ1v) is 7.44. The maximum atomic E-state index is 5.59. The molecule has 0 saturated carbocycles. The third kappa shape index (κ3) is 3.05. The monoisotopic (exact) mass is 333 g/mol. The molecule has 1 N–H and O–H groups in total. The van der Waals surface area contributed by atoms with Crippen LogP contribution in [0, 0.1) is 13.8 Å². The van der Waals surface area contributed by atoms with Gasteiger partial charge in [-0.2, -0.15) is 0 Å². The first kappa shape index (κ1) is 15.1. The number of methoxy groups -OCH3 is 1. The van der Waals surface area contributed by atoms with E-state index in [0.717, 1.165) is 10.2 Å². The summed E-state index contributed by atoms with van der Waals surface area (Å²) in [6.45, 7) is 4.22. The average Bonchev–Trinajstić information content (AvgIpc) is 2.41. The fourth-order valence-electron chi connectivity index (χ4n) is 2.64. The van der Waals surface area contributed by atoms with Gasteiger partial charge in [0.25, 0.3) is 0 Å². The maximum Gasteiger partial charge on any atom is 0.124 e. The van der Waals surface area contributed by atoms with Crippen molar-refractivity contribution < 1.29 is 4.74 Å². The van der Waals surface area contributed by atoms with Crippen LogP contribution < -0.4 is 10.1 Å². The predicted octanol–water partition coefficient (Wildman–Crippen LogP) is 4.38. The first-order chi connectivity index (χ1) is 9.56. The molecule has 2 rings (SSSR count). The van der Waals surface area contributed by atoms with Crippen LogP contribution in [0.4, 0.5) is 0 Å². The van der Waals surface area contributed by atoms with Crippen LogP contribution in [0.25, 0.3) is 0 Å². The van der Waals surface area contributed by atoms with E-state index >= 15 is 0 Å². The van der Waals surface area contributed by atoms with Gasteiger partial charge in [0, 0.05) is 10.0 Å². The van der Waals surface area contributed by atoms with Crippen molar-refractivity contribution in [3.63, 3.8) is 0 Å². The van der Waals surface area contributed by atoms with Crippen LogP contribution in [0.15, 0.2) is 40.9 Å². The van der Waals surface area contributed by atoms with Crippen LogP contribution in [0.2, 0.25) is 0 Å². The van der Waals surface area contributed by atoms with Crippen molar-refractivity contribution in [2.45, 2.75) is 19.9 Å². The molecule has 0 amide bonds. The van der Waals surface area contributed by atoms with E-state index in [1.165, 1.54) is 22.3 Å². The summed E-state index contributed by atoms with van der Waals surface area (Å²) < 4.78 is 6.67. The van der Waals surface area contributed by atoms with Crippen LogP contribution in [0.3, 0.4) is 0 Å². The first-order valence-electron chi connectivity index (χ1n) is 6.64. The van der Waals surface area contributed by atoms with Crippen molar-refractivity contribution in [3.8, 4) is 5.75 Å². The van der Waals surface area contributed by atoms with Crippen LogP contribution in [-0.4, -0.2) is 14.2 Å². The van der Waals surface area contributed by atoms with E-state index in [0.29, 0.717) is 0 Å². The molecular formula is C17H20BrNO. The molecule has 3 heteroatoms. The standard InChI is InChI=1S/C17H20BrNO/c1-11-8-12(2)16(15(9-11)20-4)17(19-3)13-6-5-7-14(18)10-13/h5-10,17,19H,1-4H3. The largest absolute Gasteiger partial charge is 0.496 e. The van der Waals surface area contributed by atoms with E-state index in [4.69, 9.17) is 4.74 Å². The summed E-state index contributed by atoms with van der Waals surface area (Å²) in [6.07, 6.45) is 0. The van der Waals surface area contributed by atoms with E-state index in [9.17, 15) is 0 Å². The Morgan fingerprint density at radius 2 is 1.90 bits per heavy atom. The molecule has 0 spiro atoms. The number of nitrogens with one attached hydrogen (secondary N) is 1. The Labute approximate surface area is 129 Å². The van der Waals surface area contributed by atoms with Crippen LogP contribution in [0.1, 0.15) is 28.3 Å². The van der Waals surface area contributed by atoms with Crippen LogP contribution in [-0.2, 0) is 0 Å². The number of benzene rings is 2. The highest BCUT2D eigenvalue weighted by atomic mass is 79.9. The third-order valence-electron chi connectivity index (χ3n) is 3.47. The lowest BCUT2D eigenvalue weighted by Crippen LogP contribution is -2.19. The molecule has 0 aliphatic rings. The van der Waals surface area contributed by atoms with Gasteiger partial charge in [-0.25, -0.2) is 0 Å². The highest BCUT2D eigenvalue weighted by molar-refractivity contribution is 9.10. The second-order valence-electron chi connectivity index (χ2n) is 4.97. The predicted molar refractivity (Wildman–Crippen MR) is 87.5 cm³/mol. The number of rotatable bonds is 4. The maximum absolute atomic E-state index is 5.59. The lowest BCUT2D eigenvalue weighted by atomic mass is 9.93. The zero-order valence-corrected chi connectivity index (χ0v) is 13.9. The molecule has 20 heavy (non-hydrogen) atoms. The molecule has 0 heterocycles. The van der Waals surface area contributed by atoms with Crippen molar-refractivity contribution >= 4 is 15.9 Å². The van der Waals surface area contributed by atoms with Crippen molar-refractivity contribution in [3.05, 3.63) is 63.1 Å². The van der Waals surface area contributed by atoms with Gasteiger partial charge in [0.2, 0.25) is 0 Å². The molecule has 0 aliphatic carbocycles. The van der Waals surface area contributed by atoms with Crippen molar-refractivity contribution in [1.82, 2.24) is 5.32 Å². The van der Waals surface area contributed by atoms with Gasteiger partial charge >= 0.3 is 0 Å². The number of aryl methyl sites for hydroxylation is 2. The van der Waals surface area contributed by atoms with Gasteiger partial charge < -0.3 is 10.1 Å². The molecule has 2 aromatic rings. The lowest BCUT2D eigenvalue weighted by Gasteiger charge is -2.23. The van der Waals surface area contributed by atoms with Gasteiger partial charge in [-0.15, -0.1) is 0 Å². The quantitative estimate of drug-likeness (QED) is 0.896. The smallest absolute Gasteiger partial charge is 0.124 e. The summed E-state index contributed by atoms with van der Waals surface area (Å²) in [5.74, 6) is 0.932. The third-order valence-corrected chi connectivity index (χ3v) is 3.97. The molecule has 0 aliphatic heterocycles. The number of hydrogen-bond acceptors (Lipinski definition) is 2. The molecule has 1 unspecified atom stereocenters. The molecule has 0 saturated heterocycles. The van der Waals surface area contributed by atoms with E-state index in [2.05, 4.69) is 65.4 Å². The molecule has 0 radical (unpaired) electrons. The van der Waals surface area contributed by atoms with E-state index < -0.39 is 0 Å². The van der Waals surface area contributed by atoms with Gasteiger partial charge in [0.1, 0.15) is 5.75 Å². The normalized spacial score (nSPS) is 12.2. The fourth-order valence-corrected chi connectivity index (χ4v) is 3.06. The molecule has 0 bridgehead atoms. The average molecular weight is 334 g/mol. The van der Waals surface area contributed by atoms with Gasteiger partial charge in [0.05, 0.1) is 13.2 Å². The van der Waals surface area contributed by atoms with Gasteiger partial charge in [-0.1, -0.05) is 34.1 Å². The zero-order chi connectivity index (χ0) is 14.7. The fraction of sp³-hybridized carbons (Fsp3) is 0.294. The van der Waals surface area contributed by atoms with Gasteiger partial charge in [0.15, 0.2) is 0 Å². The Morgan fingerprint density at radius 1 is 1.15 bits per heavy atom. The van der Waals surface area contributed by atoms with Gasteiger partial charge in [-0.05, 0) is 55.8 Å². The molecule has 2 aromatic carbocycles. The summed E-state index contributed by atoms with van der Waals surface area (Å²) in [7, 11) is 3.70. The minimum atomic E-state index is 0.114. The zero-order valence-electron chi connectivity index (χ0n) is 12.3. The second kappa shape index (κ2) is 6.42. The van der Waals surface area contributed by atoms with Crippen LogP contribution in [0.5, 0.6) is 5.75 Å². The topological polar surface area (TPSA) is 21.3 Å². The van der Waals surface area contributed by atoms with E-state index in [-0.39, 0.29) is 6.04 Å². The SMILES string of the molecule is CNC(c1cccc(Br)c1)c1c(C)cc(C)cc1OC. The summed E-state index contributed by atoms with van der Waals surface area (Å²) in [5, 5.41) is 3.40. The van der Waals surface area contributed by atoms with Gasteiger partial charge in [-0.3, -0.25) is 0 Å². The molecule has 0 fully saturated rings. The Kier molecular flexibility index (Phi) is 4.84. The summed E-state index contributed by atoms with van der Waals surface area (Å²) in [6, 6.07) is 12.8. The second-order valence-corrected chi connectivity index (χ2v) is 5.89. The highest BCUT2D eigenvalue weighted by Gasteiger charge is 2.19. The Hall–Kier alpha value is -1.32. The number of halogens is 1. The molecular weight excluding hydrogens is 314 g/mol. The number of ether oxygens (including phenoxy) is 1. The van der Waals surface area contributed by atoms with E-state index in [1.807, 2.05) is 13.1 Å². The molecule has 0 aromatic heterocycles. The lowest BCUT2D eigenvalue weighted by molar-refractivity contribution is 0.404. The highest BCUT2D eigenvalue weighted by Crippen LogP contribution is 2.34. The number of hydrogen-bond donors (Lipinski definition) is 1. The van der Waals surface area contributed by atoms with Crippen molar-refractivity contribution in [2.24, 2.45) is 0 Å². The molecule has 2 nitrogen and oxygen atoms in total. The minimum absolute atomic E-state index is 0.114. The Bertz CT molecular complexity index is 610. The van der Waals surface area contributed by atoms with Crippen molar-refractivity contribution in [1.29, 1.82) is 0 Å². The Morgan fingerprint density at radius 3 is 2.50 bits per heavy atom. The molecule has 106 valence electrons. The van der Waals surface area contributed by atoms with Crippen LogP contribution >= 0.6 is 15.9 Å². The minimum Gasteiger partial charge on any atom is -0.496 e. The molecule has 1 atom stereocenters. The van der Waals surface area contributed by atoms with E-state index in [1.54, 1.807) is 7.11 Å². The summed E-state index contributed by atoms with van der Waals surface area (Å²) in [4.78, 5) is 0. The van der Waals surface area contributed by atoms with Crippen molar-refractivity contribution in [2.75, 3.05) is 14.2 Å². The Balaban J connectivity index is 2.57.